The fourth-order valence-corrected chi connectivity index (χ4v) is 5.51. The molecule has 238 valence electrons. The molecule has 1 amide bonds. The van der Waals surface area contributed by atoms with Crippen molar-refractivity contribution in [3.05, 3.63) is 88.5 Å². The number of methoxy groups -OCH3 is 1. The van der Waals surface area contributed by atoms with Crippen molar-refractivity contribution in [2.45, 2.75) is 70.3 Å². The molecule has 0 radical (unpaired) electrons. The van der Waals surface area contributed by atoms with Crippen LogP contribution >= 0.6 is 0 Å². The Bertz CT molecular complexity index is 1510. The fourth-order valence-electron chi connectivity index (χ4n) is 5.51. The summed E-state index contributed by atoms with van der Waals surface area (Å²) in [5.41, 5.74) is 1.79. The molecule has 0 saturated heterocycles. The summed E-state index contributed by atoms with van der Waals surface area (Å²) in [6, 6.07) is 15.1. The van der Waals surface area contributed by atoms with Crippen LogP contribution in [0.4, 0.5) is 0 Å². The molecule has 0 saturated carbocycles. The Balaban J connectivity index is 1.69. The monoisotopic (exact) mass is 615 g/mol. The van der Waals surface area contributed by atoms with Crippen molar-refractivity contribution in [2.75, 3.05) is 13.7 Å². The number of aromatic hydroxyl groups is 3. The Hall–Kier alpha value is -4.79. The molecule has 0 aromatic heterocycles. The minimum absolute atomic E-state index is 0.0392. The topological polar surface area (TPSA) is 142 Å². The van der Waals surface area contributed by atoms with Gasteiger partial charge in [-0.2, -0.15) is 0 Å². The number of hydrogen-bond donors (Lipinski definition) is 4. The van der Waals surface area contributed by atoms with E-state index in [9.17, 15) is 29.7 Å². The summed E-state index contributed by atoms with van der Waals surface area (Å²) in [5.74, 6) is -1.68. The maximum Gasteiger partial charge on any atom is 0.342 e. The van der Waals surface area contributed by atoms with Gasteiger partial charge in [-0.3, -0.25) is 9.59 Å². The summed E-state index contributed by atoms with van der Waals surface area (Å²) in [6.45, 7) is 2.08. The third-order valence-corrected chi connectivity index (χ3v) is 7.98. The molecule has 0 bridgehead atoms. The molecular formula is C36H41NO8. The number of fused-ring (bicyclic) bond motifs is 1. The zero-order valence-electron chi connectivity index (χ0n) is 25.8. The van der Waals surface area contributed by atoms with E-state index in [-0.39, 0.29) is 46.3 Å². The van der Waals surface area contributed by atoms with E-state index in [1.54, 1.807) is 67.6 Å². The molecule has 2 unspecified atom stereocenters. The normalized spacial score (nSPS) is 16.6. The van der Waals surface area contributed by atoms with Crippen LogP contribution in [0, 0.1) is 0 Å². The first-order chi connectivity index (χ1) is 21.7. The summed E-state index contributed by atoms with van der Waals surface area (Å²) in [6.07, 6.45) is 6.55. The average molecular weight is 616 g/mol. The van der Waals surface area contributed by atoms with Crippen LogP contribution in [-0.2, 0) is 20.7 Å². The number of nitrogens with one attached hydrogen (secondary N) is 1. The van der Waals surface area contributed by atoms with Crippen molar-refractivity contribution in [3.8, 4) is 23.0 Å². The van der Waals surface area contributed by atoms with Crippen molar-refractivity contribution < 1.29 is 39.2 Å². The van der Waals surface area contributed by atoms with Crippen LogP contribution in [0.2, 0.25) is 0 Å². The van der Waals surface area contributed by atoms with Crippen molar-refractivity contribution in [1.82, 2.24) is 5.32 Å². The van der Waals surface area contributed by atoms with E-state index < -0.39 is 23.7 Å². The fraction of sp³-hybridized carbons (Fsp3) is 0.361. The molecule has 0 fully saturated rings. The van der Waals surface area contributed by atoms with Gasteiger partial charge >= 0.3 is 5.97 Å². The highest BCUT2D eigenvalue weighted by atomic mass is 16.5. The highest BCUT2D eigenvalue weighted by molar-refractivity contribution is 5.98. The second-order valence-corrected chi connectivity index (χ2v) is 11.4. The van der Waals surface area contributed by atoms with Gasteiger partial charge in [0.05, 0.1) is 13.2 Å². The van der Waals surface area contributed by atoms with E-state index in [0.29, 0.717) is 62.8 Å². The number of carbonyl (C=O) groups is 3. The van der Waals surface area contributed by atoms with Crippen LogP contribution in [0.25, 0.3) is 6.08 Å². The van der Waals surface area contributed by atoms with Gasteiger partial charge in [0, 0.05) is 37.3 Å². The summed E-state index contributed by atoms with van der Waals surface area (Å²) in [4.78, 5) is 38.9. The first-order valence-electron chi connectivity index (χ1n) is 15.3. The van der Waals surface area contributed by atoms with E-state index in [1.165, 1.54) is 13.2 Å². The van der Waals surface area contributed by atoms with Crippen LogP contribution < -0.4 is 10.1 Å². The summed E-state index contributed by atoms with van der Waals surface area (Å²) in [5, 5.41) is 35.4. The lowest BCUT2D eigenvalue weighted by Crippen LogP contribution is -2.27. The molecule has 3 aromatic carbocycles. The molecule has 1 aliphatic rings. The van der Waals surface area contributed by atoms with Gasteiger partial charge < -0.3 is 30.1 Å². The predicted octanol–water partition coefficient (Wildman–Crippen LogP) is 6.17. The van der Waals surface area contributed by atoms with Crippen LogP contribution in [0.5, 0.6) is 23.0 Å². The van der Waals surface area contributed by atoms with Gasteiger partial charge in [0.2, 0.25) is 5.91 Å². The Labute approximate surface area is 263 Å². The minimum Gasteiger partial charge on any atom is -0.508 e. The van der Waals surface area contributed by atoms with E-state index in [4.69, 9.17) is 9.47 Å². The number of phenols is 3. The zero-order valence-corrected chi connectivity index (χ0v) is 25.8. The molecule has 9 nitrogen and oxygen atoms in total. The molecule has 9 heteroatoms. The van der Waals surface area contributed by atoms with Crippen LogP contribution in [0.15, 0.2) is 60.7 Å². The molecule has 2 atom stereocenters. The van der Waals surface area contributed by atoms with Crippen LogP contribution in [0.3, 0.4) is 0 Å². The van der Waals surface area contributed by atoms with Gasteiger partial charge in [-0.05, 0) is 86.1 Å². The number of hydrogen-bond acceptors (Lipinski definition) is 8. The highest BCUT2D eigenvalue weighted by Gasteiger charge is 2.31. The molecule has 1 heterocycles. The third kappa shape index (κ3) is 9.11. The molecule has 45 heavy (non-hydrogen) atoms. The van der Waals surface area contributed by atoms with Gasteiger partial charge in [-0.25, -0.2) is 4.79 Å². The number of phenolic OH excluding ortho intramolecular Hbond substituents is 3. The number of carbonyl (C=O) groups excluding carboxylic acids is 3. The minimum atomic E-state index is -0.816. The van der Waals surface area contributed by atoms with Gasteiger partial charge in [0.1, 0.15) is 34.3 Å². The predicted molar refractivity (Wildman–Crippen MR) is 171 cm³/mol. The Morgan fingerprint density at radius 2 is 1.73 bits per heavy atom. The maximum absolute atomic E-state index is 13.5. The van der Waals surface area contributed by atoms with Gasteiger partial charge in [0.15, 0.2) is 0 Å². The number of Topliss-reactive ketones (excluding diaryl/α,β-unsaturated/α-hetero) is 1. The van der Waals surface area contributed by atoms with E-state index >= 15 is 0 Å². The van der Waals surface area contributed by atoms with Gasteiger partial charge in [-0.1, -0.05) is 36.4 Å². The summed E-state index contributed by atoms with van der Waals surface area (Å²) in [7, 11) is 1.54. The Morgan fingerprint density at radius 3 is 2.44 bits per heavy atom. The summed E-state index contributed by atoms with van der Waals surface area (Å²) >= 11 is 0. The average Bonchev–Trinajstić information content (AvgIpc) is 3.00. The second-order valence-electron chi connectivity index (χ2n) is 11.4. The highest BCUT2D eigenvalue weighted by Crippen LogP contribution is 2.44. The molecule has 4 N–H and O–H groups in total. The van der Waals surface area contributed by atoms with Crippen molar-refractivity contribution in [3.63, 3.8) is 0 Å². The van der Waals surface area contributed by atoms with Crippen LogP contribution in [-0.4, -0.2) is 52.7 Å². The first-order valence-corrected chi connectivity index (χ1v) is 15.3. The maximum atomic E-state index is 13.5. The largest absolute Gasteiger partial charge is 0.508 e. The molecule has 0 aliphatic carbocycles. The Morgan fingerprint density at radius 1 is 1.02 bits per heavy atom. The number of ketones is 1. The first kappa shape index (κ1) is 33.1. The van der Waals surface area contributed by atoms with Gasteiger partial charge in [-0.15, -0.1) is 0 Å². The van der Waals surface area contributed by atoms with Crippen molar-refractivity contribution >= 4 is 23.7 Å². The number of ether oxygens (including phenoxy) is 2. The standard InChI is InChI=1S/C36H41NO8/c1-23-7-6-10-27(38)9-5-3-4-8-26-21-31(40)34(35(42)33(26)36(43)45-23)30(25-13-17-29(44-2)18-14-25)22-32(41)37-20-19-24-11-15-28(39)16-12-24/h4,8,11-18,21,23,30,39-40,42H,3,5-7,9-10,19-20,22H2,1-2H3,(H,37,41). The third-order valence-electron chi connectivity index (χ3n) is 7.98. The van der Waals surface area contributed by atoms with E-state index in [0.717, 1.165) is 5.56 Å². The lowest BCUT2D eigenvalue weighted by Gasteiger charge is -2.23. The molecular weight excluding hydrogens is 574 g/mol. The number of benzene rings is 3. The molecule has 4 rings (SSSR count). The number of amides is 1. The lowest BCUT2D eigenvalue weighted by atomic mass is 9.84. The van der Waals surface area contributed by atoms with E-state index in [1.807, 2.05) is 0 Å². The second kappa shape index (κ2) is 15.8. The number of allylic oxidation sites excluding steroid dienone is 1. The van der Waals surface area contributed by atoms with Crippen molar-refractivity contribution in [2.24, 2.45) is 0 Å². The smallest absolute Gasteiger partial charge is 0.342 e. The Kier molecular flexibility index (Phi) is 11.6. The number of rotatable bonds is 8. The number of esters is 1. The zero-order chi connectivity index (χ0) is 32.3. The van der Waals surface area contributed by atoms with Crippen molar-refractivity contribution in [1.29, 1.82) is 0 Å². The molecule has 3 aromatic rings. The van der Waals surface area contributed by atoms with E-state index in [2.05, 4.69) is 5.32 Å². The summed E-state index contributed by atoms with van der Waals surface area (Å²) < 4.78 is 11.0. The van der Waals surface area contributed by atoms with Crippen LogP contribution in [0.1, 0.15) is 90.4 Å². The SMILES string of the molecule is COc1ccc(C(CC(=O)NCCc2ccc(O)cc2)c2c(O)cc3c(c2O)C(=O)OC(C)CCCC(=O)CCCC=C3)cc1. The quantitative estimate of drug-likeness (QED) is 0.220. The number of cyclic esters (lactones) is 1. The molecule has 0 spiro atoms. The lowest BCUT2D eigenvalue weighted by molar-refractivity contribution is -0.121. The molecule has 1 aliphatic heterocycles. The van der Waals surface area contributed by atoms with Gasteiger partial charge in [0.25, 0.3) is 0 Å².